The molecule has 0 aromatic rings. The summed E-state index contributed by atoms with van der Waals surface area (Å²) in [6, 6.07) is 0. The highest BCUT2D eigenvalue weighted by atomic mass is 16.6. The lowest BCUT2D eigenvalue weighted by Gasteiger charge is -2.42. The first-order chi connectivity index (χ1) is 13.1. The van der Waals surface area contributed by atoms with Crippen LogP contribution in [-0.2, 0) is 9.53 Å². The van der Waals surface area contributed by atoms with Gasteiger partial charge in [0.15, 0.2) is 0 Å². The van der Waals surface area contributed by atoms with E-state index in [1.54, 1.807) is 0 Å². The van der Waals surface area contributed by atoms with Gasteiger partial charge in [0.05, 0.1) is 12.5 Å². The van der Waals surface area contributed by atoms with Crippen molar-refractivity contribution < 1.29 is 14.6 Å². The molecule has 4 fully saturated rings. The number of rotatable bonds is 7. The molecule has 5 aliphatic rings. The molecule has 5 rings (SSSR count). The van der Waals surface area contributed by atoms with Crippen molar-refractivity contribution in [3.8, 4) is 0 Å². The van der Waals surface area contributed by atoms with Crippen molar-refractivity contribution in [2.75, 3.05) is 0 Å². The van der Waals surface area contributed by atoms with Gasteiger partial charge in [0.1, 0.15) is 5.60 Å². The second kappa shape index (κ2) is 6.90. The average Bonchev–Trinajstić information content (AvgIpc) is 3.43. The van der Waals surface area contributed by atoms with Crippen molar-refractivity contribution in [3.05, 3.63) is 12.2 Å². The molecule has 0 aliphatic heterocycles. The van der Waals surface area contributed by atoms with E-state index in [0.717, 1.165) is 61.2 Å². The van der Waals surface area contributed by atoms with Crippen molar-refractivity contribution in [1.82, 2.24) is 0 Å². The molecule has 27 heavy (non-hydrogen) atoms. The van der Waals surface area contributed by atoms with Gasteiger partial charge in [-0.1, -0.05) is 25.5 Å². The third-order valence-corrected chi connectivity index (χ3v) is 9.19. The average molecular weight is 373 g/mol. The van der Waals surface area contributed by atoms with E-state index in [4.69, 9.17) is 4.74 Å². The van der Waals surface area contributed by atoms with Crippen LogP contribution < -0.4 is 0 Å². The Labute approximate surface area is 163 Å². The van der Waals surface area contributed by atoms with Crippen molar-refractivity contribution in [3.63, 3.8) is 0 Å². The van der Waals surface area contributed by atoms with Gasteiger partial charge in [-0.2, -0.15) is 0 Å². The number of aliphatic hydroxyl groups is 1. The zero-order valence-corrected chi connectivity index (χ0v) is 16.8. The number of ether oxygens (including phenoxy) is 1. The molecule has 4 saturated carbocycles. The van der Waals surface area contributed by atoms with Crippen LogP contribution in [-0.4, -0.2) is 22.8 Å². The van der Waals surface area contributed by atoms with Crippen LogP contribution in [0.25, 0.3) is 0 Å². The molecule has 150 valence electrons. The first-order valence-electron chi connectivity index (χ1n) is 11.7. The third kappa shape index (κ3) is 3.09. The predicted octanol–water partition coefficient (Wildman–Crippen LogP) is 4.88. The Balaban J connectivity index is 1.13. The standard InChI is InChI=1S/C24H36O3/c1-2-24(14-18-12-22(24)21-5-3-4-20(18)21)27-23(26)13-19(25)9-8-17-11-15-6-7-16(17)10-15/h6-7,15-22,25H,2-5,8-14H2,1H3. The molecule has 0 saturated heterocycles. The highest BCUT2D eigenvalue weighted by Crippen LogP contribution is 2.64. The molecule has 0 heterocycles. The van der Waals surface area contributed by atoms with Gasteiger partial charge < -0.3 is 9.84 Å². The number of fused-ring (bicyclic) bond motifs is 7. The molecular formula is C24H36O3. The van der Waals surface area contributed by atoms with Crippen LogP contribution in [0.15, 0.2) is 12.2 Å². The summed E-state index contributed by atoms with van der Waals surface area (Å²) in [4.78, 5) is 12.7. The Morgan fingerprint density at radius 2 is 2.07 bits per heavy atom. The Bertz CT molecular complexity index is 613. The monoisotopic (exact) mass is 372 g/mol. The van der Waals surface area contributed by atoms with Gasteiger partial charge in [0, 0.05) is 5.92 Å². The Morgan fingerprint density at radius 1 is 1.22 bits per heavy atom. The second-order valence-electron chi connectivity index (χ2n) is 10.4. The van der Waals surface area contributed by atoms with Gasteiger partial charge >= 0.3 is 5.97 Å². The van der Waals surface area contributed by atoms with E-state index >= 15 is 0 Å². The summed E-state index contributed by atoms with van der Waals surface area (Å²) >= 11 is 0. The normalized spacial score (nSPS) is 47.6. The van der Waals surface area contributed by atoms with Crippen molar-refractivity contribution in [2.45, 2.75) is 89.3 Å². The fraction of sp³-hybridized carbons (Fsp3) is 0.875. The summed E-state index contributed by atoms with van der Waals surface area (Å²) < 4.78 is 6.17. The lowest BCUT2D eigenvalue weighted by molar-refractivity contribution is -0.172. The summed E-state index contributed by atoms with van der Waals surface area (Å²) in [5.74, 6) is 5.15. The lowest BCUT2D eigenvalue weighted by Crippen LogP contribution is -2.45. The maximum absolute atomic E-state index is 12.7. The van der Waals surface area contributed by atoms with Gasteiger partial charge in [-0.15, -0.1) is 0 Å². The molecule has 3 heteroatoms. The maximum atomic E-state index is 12.7. The van der Waals surface area contributed by atoms with Gasteiger partial charge in [-0.3, -0.25) is 4.79 Å². The van der Waals surface area contributed by atoms with Gasteiger partial charge in [-0.25, -0.2) is 0 Å². The molecule has 9 atom stereocenters. The molecule has 1 N–H and O–H groups in total. The zero-order valence-electron chi connectivity index (χ0n) is 16.8. The first kappa shape index (κ1) is 18.2. The van der Waals surface area contributed by atoms with E-state index in [1.165, 1.54) is 38.5 Å². The fourth-order valence-electron chi connectivity index (χ4n) is 8.00. The van der Waals surface area contributed by atoms with E-state index in [9.17, 15) is 9.90 Å². The molecule has 0 aromatic carbocycles. The molecule has 0 radical (unpaired) electrons. The Hall–Kier alpha value is -0.830. The first-order valence-corrected chi connectivity index (χ1v) is 11.7. The quantitative estimate of drug-likeness (QED) is 0.512. The van der Waals surface area contributed by atoms with E-state index in [0.29, 0.717) is 5.92 Å². The van der Waals surface area contributed by atoms with Crippen LogP contribution in [0, 0.1) is 41.4 Å². The second-order valence-corrected chi connectivity index (χ2v) is 10.4. The number of carbonyl (C=O) groups excluding carboxylic acids is 1. The number of allylic oxidation sites excluding steroid dienone is 2. The van der Waals surface area contributed by atoms with E-state index in [2.05, 4.69) is 19.1 Å². The number of aliphatic hydroxyl groups excluding tert-OH is 1. The van der Waals surface area contributed by atoms with E-state index in [1.807, 2.05) is 0 Å². The van der Waals surface area contributed by atoms with Crippen molar-refractivity contribution in [2.24, 2.45) is 41.4 Å². The summed E-state index contributed by atoms with van der Waals surface area (Å²) in [5.41, 5.74) is -0.220. The molecule has 0 aromatic heterocycles. The van der Waals surface area contributed by atoms with E-state index < -0.39 is 6.10 Å². The summed E-state index contributed by atoms with van der Waals surface area (Å²) in [7, 11) is 0. The minimum absolute atomic E-state index is 0.153. The Morgan fingerprint density at radius 3 is 2.81 bits per heavy atom. The molecule has 0 amide bonds. The topological polar surface area (TPSA) is 46.5 Å². The smallest absolute Gasteiger partial charge is 0.308 e. The van der Waals surface area contributed by atoms with E-state index in [-0.39, 0.29) is 18.0 Å². The van der Waals surface area contributed by atoms with Crippen LogP contribution >= 0.6 is 0 Å². The van der Waals surface area contributed by atoms with Gasteiger partial charge in [0.2, 0.25) is 0 Å². The van der Waals surface area contributed by atoms with Crippen LogP contribution in [0.1, 0.15) is 77.6 Å². The third-order valence-electron chi connectivity index (χ3n) is 9.19. The molecular weight excluding hydrogens is 336 g/mol. The fourth-order valence-corrected chi connectivity index (χ4v) is 8.00. The van der Waals surface area contributed by atoms with Crippen LogP contribution in [0.3, 0.4) is 0 Å². The molecule has 9 unspecified atom stereocenters. The summed E-state index contributed by atoms with van der Waals surface area (Å²) in [6.07, 6.45) is 16.2. The maximum Gasteiger partial charge on any atom is 0.308 e. The minimum atomic E-state index is -0.535. The van der Waals surface area contributed by atoms with Gasteiger partial charge in [0.25, 0.3) is 0 Å². The van der Waals surface area contributed by atoms with Crippen molar-refractivity contribution in [1.29, 1.82) is 0 Å². The molecule has 3 nitrogen and oxygen atoms in total. The van der Waals surface area contributed by atoms with Crippen molar-refractivity contribution >= 4 is 5.97 Å². The lowest BCUT2D eigenvalue weighted by atomic mass is 9.71. The summed E-state index contributed by atoms with van der Waals surface area (Å²) in [6.45, 7) is 2.19. The largest absolute Gasteiger partial charge is 0.459 e. The molecule has 5 aliphatic carbocycles. The zero-order chi connectivity index (χ0) is 18.6. The highest BCUT2D eigenvalue weighted by molar-refractivity contribution is 5.70. The van der Waals surface area contributed by atoms with Crippen LogP contribution in [0.4, 0.5) is 0 Å². The Kier molecular flexibility index (Phi) is 4.65. The van der Waals surface area contributed by atoms with Gasteiger partial charge in [-0.05, 0) is 93.3 Å². The number of hydrogen-bond acceptors (Lipinski definition) is 3. The number of hydrogen-bond donors (Lipinski definition) is 1. The SMILES string of the molecule is CCC1(OC(=O)CC(O)CCC2CC3C=CC2C3)CC2CC1C1CCCC21. The molecule has 4 bridgehead atoms. The highest BCUT2D eigenvalue weighted by Gasteiger charge is 2.62. The minimum Gasteiger partial charge on any atom is -0.459 e. The predicted molar refractivity (Wildman–Crippen MR) is 105 cm³/mol. The molecule has 0 spiro atoms. The number of esters is 1. The number of carbonyl (C=O) groups is 1. The van der Waals surface area contributed by atoms with Crippen LogP contribution in [0.5, 0.6) is 0 Å². The van der Waals surface area contributed by atoms with Crippen LogP contribution in [0.2, 0.25) is 0 Å². The summed E-state index contributed by atoms with van der Waals surface area (Å²) in [5, 5.41) is 10.4.